The monoisotopic (exact) mass is 320 g/mol. The van der Waals surface area contributed by atoms with Crippen LogP contribution in [-0.4, -0.2) is 31.5 Å². The van der Waals surface area contributed by atoms with Crippen LogP contribution in [-0.2, 0) is 20.9 Å². The highest BCUT2D eigenvalue weighted by Gasteiger charge is 2.19. The van der Waals surface area contributed by atoms with E-state index < -0.39 is 6.04 Å². The zero-order chi connectivity index (χ0) is 16.9. The summed E-state index contributed by atoms with van der Waals surface area (Å²) >= 11 is 0. The van der Waals surface area contributed by atoms with Crippen LogP contribution in [0.5, 0.6) is 0 Å². The van der Waals surface area contributed by atoms with E-state index >= 15 is 0 Å². The molecular formula is C18H28N2O3. The van der Waals surface area contributed by atoms with Gasteiger partial charge in [-0.1, -0.05) is 50.1 Å². The molecule has 0 heterocycles. The van der Waals surface area contributed by atoms with Gasteiger partial charge in [0.1, 0.15) is 12.6 Å². The minimum Gasteiger partial charge on any atom is -0.460 e. The number of esters is 1. The number of ether oxygens (including phenoxy) is 1. The molecule has 5 nitrogen and oxygen atoms in total. The van der Waals surface area contributed by atoms with Crippen LogP contribution in [0.25, 0.3) is 0 Å². The molecule has 1 unspecified atom stereocenters. The fraction of sp³-hybridized carbons (Fsp3) is 0.556. The van der Waals surface area contributed by atoms with Crippen LogP contribution < -0.4 is 10.6 Å². The van der Waals surface area contributed by atoms with E-state index in [9.17, 15) is 9.59 Å². The maximum atomic E-state index is 12.0. The maximum Gasteiger partial charge on any atom is 0.323 e. The van der Waals surface area contributed by atoms with Crippen molar-refractivity contribution in [2.24, 2.45) is 0 Å². The van der Waals surface area contributed by atoms with Crippen molar-refractivity contribution in [2.45, 2.75) is 51.7 Å². The van der Waals surface area contributed by atoms with Crippen LogP contribution in [0.1, 0.15) is 44.6 Å². The lowest BCUT2D eigenvalue weighted by molar-refractivity contribution is -0.147. The van der Waals surface area contributed by atoms with Gasteiger partial charge >= 0.3 is 5.97 Å². The minimum atomic E-state index is -0.458. The summed E-state index contributed by atoms with van der Waals surface area (Å²) < 4.78 is 5.29. The third kappa shape index (κ3) is 8.35. The Morgan fingerprint density at radius 2 is 1.91 bits per heavy atom. The van der Waals surface area contributed by atoms with E-state index in [-0.39, 0.29) is 18.5 Å². The normalized spacial score (nSPS) is 11.7. The van der Waals surface area contributed by atoms with Gasteiger partial charge < -0.3 is 15.4 Å². The molecule has 5 heteroatoms. The predicted octanol–water partition coefficient (Wildman–Crippen LogP) is 2.40. The van der Waals surface area contributed by atoms with Gasteiger partial charge in [0, 0.05) is 13.0 Å². The van der Waals surface area contributed by atoms with Crippen LogP contribution in [0.15, 0.2) is 30.3 Å². The molecule has 1 rings (SSSR count). The van der Waals surface area contributed by atoms with Crippen molar-refractivity contribution in [3.05, 3.63) is 35.9 Å². The van der Waals surface area contributed by atoms with Crippen LogP contribution >= 0.6 is 0 Å². The van der Waals surface area contributed by atoms with E-state index in [1.54, 1.807) is 7.05 Å². The van der Waals surface area contributed by atoms with Crippen LogP contribution in [0.2, 0.25) is 0 Å². The van der Waals surface area contributed by atoms with Crippen LogP contribution in [0.3, 0.4) is 0 Å². The highest BCUT2D eigenvalue weighted by atomic mass is 16.5. The summed E-state index contributed by atoms with van der Waals surface area (Å²) in [5.74, 6) is -0.340. The van der Waals surface area contributed by atoms with Gasteiger partial charge in [-0.05, 0) is 25.5 Å². The first-order chi connectivity index (χ1) is 11.2. The van der Waals surface area contributed by atoms with E-state index in [1.165, 1.54) is 0 Å². The van der Waals surface area contributed by atoms with Crippen molar-refractivity contribution in [1.82, 2.24) is 10.6 Å². The average molecular weight is 320 g/mol. The molecule has 2 N–H and O–H groups in total. The fourth-order valence-corrected chi connectivity index (χ4v) is 2.18. The first-order valence-corrected chi connectivity index (χ1v) is 8.32. The van der Waals surface area contributed by atoms with E-state index in [0.29, 0.717) is 19.4 Å². The van der Waals surface area contributed by atoms with Crippen molar-refractivity contribution in [1.29, 1.82) is 0 Å². The lowest BCUT2D eigenvalue weighted by Crippen LogP contribution is -2.37. The summed E-state index contributed by atoms with van der Waals surface area (Å²) in [6.45, 7) is 3.08. The second-order valence-electron chi connectivity index (χ2n) is 5.53. The number of carbonyl (C=O) groups is 2. The third-order valence-electron chi connectivity index (χ3n) is 3.62. The summed E-state index contributed by atoms with van der Waals surface area (Å²) in [5.41, 5.74) is 0.948. The zero-order valence-electron chi connectivity index (χ0n) is 14.1. The summed E-state index contributed by atoms with van der Waals surface area (Å²) in [6, 6.07) is 9.08. The van der Waals surface area contributed by atoms with Gasteiger partial charge in [0.05, 0.1) is 0 Å². The molecule has 0 aromatic heterocycles. The lowest BCUT2D eigenvalue weighted by atomic mass is 10.1. The van der Waals surface area contributed by atoms with Crippen molar-refractivity contribution in [2.75, 3.05) is 13.6 Å². The van der Waals surface area contributed by atoms with Gasteiger partial charge in [0.25, 0.3) is 0 Å². The number of amides is 1. The third-order valence-corrected chi connectivity index (χ3v) is 3.62. The standard InChI is InChI=1S/C18H28N2O3/c1-3-4-8-13-20-17(21)12-11-16(19-2)18(22)23-14-15-9-6-5-7-10-15/h5-7,9-10,16,19H,3-4,8,11-14H2,1-2H3,(H,20,21). The summed E-state index contributed by atoms with van der Waals surface area (Å²) in [7, 11) is 1.70. The second-order valence-corrected chi connectivity index (χ2v) is 5.53. The van der Waals surface area contributed by atoms with Gasteiger partial charge in [-0.3, -0.25) is 9.59 Å². The number of hydrogen-bond acceptors (Lipinski definition) is 4. The largest absolute Gasteiger partial charge is 0.460 e. The summed E-state index contributed by atoms with van der Waals surface area (Å²) in [4.78, 5) is 23.8. The Bertz CT molecular complexity index is 463. The van der Waals surface area contributed by atoms with Crippen LogP contribution in [0.4, 0.5) is 0 Å². The van der Waals surface area contributed by atoms with Crippen molar-refractivity contribution in [3.63, 3.8) is 0 Å². The first kappa shape index (κ1) is 19.2. The molecule has 0 fully saturated rings. The Morgan fingerprint density at radius 3 is 2.57 bits per heavy atom. The summed E-state index contributed by atoms with van der Waals surface area (Å²) in [6.07, 6.45) is 3.99. The molecule has 0 aliphatic heterocycles. The Hall–Kier alpha value is -1.88. The first-order valence-electron chi connectivity index (χ1n) is 8.32. The number of benzene rings is 1. The van der Waals surface area contributed by atoms with Gasteiger partial charge in [-0.2, -0.15) is 0 Å². The number of rotatable bonds is 11. The molecule has 0 saturated heterocycles. The molecule has 0 radical (unpaired) electrons. The van der Waals surface area contributed by atoms with E-state index in [4.69, 9.17) is 4.74 Å². The molecule has 128 valence electrons. The van der Waals surface area contributed by atoms with E-state index in [2.05, 4.69) is 17.6 Å². The quantitative estimate of drug-likeness (QED) is 0.485. The van der Waals surface area contributed by atoms with Gasteiger partial charge in [-0.25, -0.2) is 0 Å². The molecule has 0 aliphatic rings. The minimum absolute atomic E-state index is 0.0165. The number of unbranched alkanes of at least 4 members (excludes halogenated alkanes) is 2. The number of likely N-dealkylation sites (N-methyl/N-ethyl adjacent to an activating group) is 1. The van der Waals surface area contributed by atoms with Gasteiger partial charge in [0.15, 0.2) is 0 Å². The van der Waals surface area contributed by atoms with E-state index in [1.807, 2.05) is 30.3 Å². The smallest absolute Gasteiger partial charge is 0.323 e. The maximum absolute atomic E-state index is 12.0. The van der Waals surface area contributed by atoms with Crippen molar-refractivity contribution >= 4 is 11.9 Å². The highest BCUT2D eigenvalue weighted by molar-refractivity contribution is 5.79. The van der Waals surface area contributed by atoms with Crippen molar-refractivity contribution < 1.29 is 14.3 Å². The van der Waals surface area contributed by atoms with Crippen molar-refractivity contribution in [3.8, 4) is 0 Å². The molecular weight excluding hydrogens is 292 g/mol. The molecule has 1 aromatic carbocycles. The number of carbonyl (C=O) groups excluding carboxylic acids is 2. The van der Waals surface area contributed by atoms with Gasteiger partial charge in [0.2, 0.25) is 5.91 Å². The molecule has 0 bridgehead atoms. The van der Waals surface area contributed by atoms with Crippen LogP contribution in [0, 0.1) is 0 Å². The predicted molar refractivity (Wildman–Crippen MR) is 90.9 cm³/mol. The zero-order valence-corrected chi connectivity index (χ0v) is 14.1. The lowest BCUT2D eigenvalue weighted by Gasteiger charge is -2.15. The number of hydrogen-bond donors (Lipinski definition) is 2. The topological polar surface area (TPSA) is 67.4 Å². The second kappa shape index (κ2) is 11.7. The molecule has 1 aromatic rings. The highest BCUT2D eigenvalue weighted by Crippen LogP contribution is 2.05. The fourth-order valence-electron chi connectivity index (χ4n) is 2.18. The Kier molecular flexibility index (Phi) is 9.71. The molecule has 0 aliphatic carbocycles. The molecule has 1 amide bonds. The Balaban J connectivity index is 2.26. The van der Waals surface area contributed by atoms with Gasteiger partial charge in [-0.15, -0.1) is 0 Å². The molecule has 0 spiro atoms. The molecule has 1 atom stereocenters. The summed E-state index contributed by atoms with van der Waals surface area (Å²) in [5, 5.41) is 5.79. The SMILES string of the molecule is CCCCCNC(=O)CCC(NC)C(=O)OCc1ccccc1. The molecule has 23 heavy (non-hydrogen) atoms. The van der Waals surface area contributed by atoms with E-state index in [0.717, 1.165) is 24.8 Å². The molecule has 0 saturated carbocycles. The Morgan fingerprint density at radius 1 is 1.17 bits per heavy atom. The Labute approximate surface area is 138 Å². The average Bonchev–Trinajstić information content (AvgIpc) is 2.58. The number of nitrogens with one attached hydrogen (secondary N) is 2.